The van der Waals surface area contributed by atoms with Crippen LogP contribution >= 0.6 is 11.8 Å². The minimum absolute atomic E-state index is 0.181. The van der Waals surface area contributed by atoms with Gasteiger partial charge in [-0.1, -0.05) is 38.5 Å². The van der Waals surface area contributed by atoms with Crippen molar-refractivity contribution < 1.29 is 19.5 Å². The molecule has 0 aliphatic rings. The summed E-state index contributed by atoms with van der Waals surface area (Å²) in [6.07, 6.45) is 4.97. The number of hydrogen-bond donors (Lipinski definition) is 5. The van der Waals surface area contributed by atoms with Crippen molar-refractivity contribution >= 4 is 40.4 Å². The Morgan fingerprint density at radius 3 is 2.55 bits per heavy atom. The average Bonchev–Trinajstić information content (AvgIpc) is 3.16. The predicted molar refractivity (Wildman–Crippen MR) is 124 cm³/mol. The molecule has 0 unspecified atom stereocenters. The number of carboxylic acids is 1. The number of thioether (sulfide) groups is 1. The van der Waals surface area contributed by atoms with Gasteiger partial charge in [0.15, 0.2) is 0 Å². The van der Waals surface area contributed by atoms with Gasteiger partial charge in [0.2, 0.25) is 11.8 Å². The zero-order valence-electron chi connectivity index (χ0n) is 18.2. The van der Waals surface area contributed by atoms with Gasteiger partial charge in [-0.2, -0.15) is 11.8 Å². The van der Waals surface area contributed by atoms with Crippen molar-refractivity contribution in [1.29, 1.82) is 0 Å². The first-order valence-electron chi connectivity index (χ1n) is 10.4. The molecule has 0 saturated heterocycles. The maximum Gasteiger partial charge on any atom is 0.326 e. The molecule has 2 aromatic rings. The normalized spacial score (nSPS) is 15.1. The molecule has 1 aromatic heterocycles. The third-order valence-corrected chi connectivity index (χ3v) is 6.11. The number of amides is 2. The molecule has 0 radical (unpaired) electrons. The largest absolute Gasteiger partial charge is 0.480 e. The number of nitrogens with two attached hydrogens (primary N) is 1. The topological polar surface area (TPSA) is 137 Å². The molecule has 31 heavy (non-hydrogen) atoms. The molecule has 1 aromatic carbocycles. The third-order valence-electron chi connectivity index (χ3n) is 5.47. The van der Waals surface area contributed by atoms with E-state index < -0.39 is 35.9 Å². The molecule has 0 fully saturated rings. The smallest absolute Gasteiger partial charge is 0.326 e. The van der Waals surface area contributed by atoms with E-state index in [1.807, 2.05) is 50.6 Å². The molecule has 2 amide bonds. The first-order chi connectivity index (χ1) is 14.8. The first-order valence-corrected chi connectivity index (χ1v) is 11.8. The molecule has 1 heterocycles. The van der Waals surface area contributed by atoms with Gasteiger partial charge in [-0.3, -0.25) is 9.59 Å². The number of hydrogen-bond acceptors (Lipinski definition) is 5. The predicted octanol–water partition coefficient (Wildman–Crippen LogP) is 1.89. The molecule has 0 spiro atoms. The van der Waals surface area contributed by atoms with Crippen LogP contribution in [-0.2, 0) is 20.8 Å². The number of carbonyl (C=O) groups is 3. The quantitative estimate of drug-likeness (QED) is 0.336. The number of para-hydroxylation sites is 1. The Hall–Kier alpha value is -2.52. The third kappa shape index (κ3) is 6.73. The van der Waals surface area contributed by atoms with E-state index in [1.165, 1.54) is 11.8 Å². The molecule has 2 rings (SSSR count). The second-order valence-corrected chi connectivity index (χ2v) is 8.71. The number of fused-ring (bicyclic) bond motifs is 1. The van der Waals surface area contributed by atoms with Gasteiger partial charge in [-0.15, -0.1) is 0 Å². The molecule has 9 heteroatoms. The summed E-state index contributed by atoms with van der Waals surface area (Å²) in [6.45, 7) is 3.75. The highest BCUT2D eigenvalue weighted by molar-refractivity contribution is 7.98. The van der Waals surface area contributed by atoms with Gasteiger partial charge in [-0.05, 0) is 42.4 Å². The summed E-state index contributed by atoms with van der Waals surface area (Å²) < 4.78 is 0. The molecule has 0 aliphatic heterocycles. The van der Waals surface area contributed by atoms with E-state index in [2.05, 4.69) is 15.6 Å². The summed E-state index contributed by atoms with van der Waals surface area (Å²) in [7, 11) is 0. The summed E-state index contributed by atoms with van der Waals surface area (Å²) >= 11 is 1.51. The van der Waals surface area contributed by atoms with Gasteiger partial charge in [-0.25, -0.2) is 4.79 Å². The molecule has 170 valence electrons. The SMILES string of the molecule is CC[C@H](C)[C@H](NC(=O)[C@@H](N)Cc1c[nH]c2ccccc12)C(=O)N[C@@H](CCSC)C(=O)O. The number of aliphatic carboxylic acids is 1. The number of H-pyrrole nitrogens is 1. The highest BCUT2D eigenvalue weighted by Crippen LogP contribution is 2.19. The second-order valence-electron chi connectivity index (χ2n) is 7.72. The summed E-state index contributed by atoms with van der Waals surface area (Å²) in [5.41, 5.74) is 8.04. The van der Waals surface area contributed by atoms with Crippen molar-refractivity contribution in [2.45, 2.75) is 51.2 Å². The van der Waals surface area contributed by atoms with Crippen molar-refractivity contribution in [2.24, 2.45) is 11.7 Å². The maximum atomic E-state index is 12.8. The summed E-state index contributed by atoms with van der Waals surface area (Å²) in [4.78, 5) is 40.3. The number of rotatable bonds is 12. The monoisotopic (exact) mass is 448 g/mol. The van der Waals surface area contributed by atoms with E-state index >= 15 is 0 Å². The van der Waals surface area contributed by atoms with Crippen LogP contribution in [0.3, 0.4) is 0 Å². The molecule has 0 saturated carbocycles. The Labute approximate surface area is 186 Å². The van der Waals surface area contributed by atoms with Gasteiger partial charge >= 0.3 is 5.97 Å². The van der Waals surface area contributed by atoms with E-state index in [0.717, 1.165) is 16.5 Å². The fourth-order valence-corrected chi connectivity index (χ4v) is 3.82. The summed E-state index contributed by atoms with van der Waals surface area (Å²) in [5, 5.41) is 15.7. The Morgan fingerprint density at radius 2 is 1.90 bits per heavy atom. The van der Waals surface area contributed by atoms with Gasteiger partial charge in [0.25, 0.3) is 0 Å². The number of aromatic nitrogens is 1. The lowest BCUT2D eigenvalue weighted by atomic mass is 9.96. The van der Waals surface area contributed by atoms with E-state index in [-0.39, 0.29) is 5.92 Å². The van der Waals surface area contributed by atoms with Gasteiger partial charge < -0.3 is 26.5 Å². The summed E-state index contributed by atoms with van der Waals surface area (Å²) in [5.74, 6) is -1.61. The Bertz CT molecular complexity index is 901. The number of carbonyl (C=O) groups excluding carboxylic acids is 2. The highest BCUT2D eigenvalue weighted by Gasteiger charge is 2.31. The van der Waals surface area contributed by atoms with Crippen molar-refractivity contribution in [1.82, 2.24) is 15.6 Å². The Kier molecular flexibility index (Phi) is 9.39. The zero-order valence-corrected chi connectivity index (χ0v) is 19.0. The van der Waals surface area contributed by atoms with Crippen LogP contribution < -0.4 is 16.4 Å². The molecular weight excluding hydrogens is 416 g/mol. The molecule has 4 atom stereocenters. The van der Waals surface area contributed by atoms with Crippen LogP contribution in [0.4, 0.5) is 0 Å². The van der Waals surface area contributed by atoms with Crippen molar-refractivity contribution in [2.75, 3.05) is 12.0 Å². The average molecular weight is 449 g/mol. The lowest BCUT2D eigenvalue weighted by molar-refractivity contribution is -0.142. The van der Waals surface area contributed by atoms with Crippen molar-refractivity contribution in [3.05, 3.63) is 36.0 Å². The second kappa shape index (κ2) is 11.8. The summed E-state index contributed by atoms with van der Waals surface area (Å²) in [6, 6.07) is 5.06. The molecule has 0 bridgehead atoms. The van der Waals surface area contributed by atoms with Crippen molar-refractivity contribution in [3.8, 4) is 0 Å². The minimum Gasteiger partial charge on any atom is -0.480 e. The van der Waals surface area contributed by atoms with Gasteiger partial charge in [0, 0.05) is 17.1 Å². The van der Waals surface area contributed by atoms with E-state index in [0.29, 0.717) is 25.0 Å². The van der Waals surface area contributed by atoms with E-state index in [4.69, 9.17) is 5.73 Å². The first kappa shape index (κ1) is 24.7. The Balaban J connectivity index is 2.07. The fraction of sp³-hybridized carbons (Fsp3) is 0.500. The lowest BCUT2D eigenvalue weighted by Crippen LogP contribution is -2.57. The van der Waals surface area contributed by atoms with E-state index in [1.54, 1.807) is 0 Å². The van der Waals surface area contributed by atoms with Crippen LogP contribution in [-0.4, -0.2) is 58.0 Å². The number of carboxylic acid groups (broad SMARTS) is 1. The molecular formula is C22H32N4O4S. The van der Waals surface area contributed by atoms with Crippen LogP contribution in [0.15, 0.2) is 30.5 Å². The highest BCUT2D eigenvalue weighted by atomic mass is 32.2. The number of benzene rings is 1. The minimum atomic E-state index is -1.09. The maximum absolute atomic E-state index is 12.8. The molecule has 0 aliphatic carbocycles. The standard InChI is InChI=1S/C22H32N4O4S/c1-4-13(2)19(21(28)25-18(22(29)30)9-10-31-3)26-20(27)16(23)11-14-12-24-17-8-6-5-7-15(14)17/h5-8,12-13,16,18-19,24H,4,9-11,23H2,1-3H3,(H,25,28)(H,26,27)(H,29,30)/t13-,16-,18-,19-/m0/s1. The van der Waals surface area contributed by atoms with Crippen molar-refractivity contribution in [3.63, 3.8) is 0 Å². The van der Waals surface area contributed by atoms with Gasteiger partial charge in [0.05, 0.1) is 6.04 Å². The van der Waals surface area contributed by atoms with Crippen LogP contribution in [0.1, 0.15) is 32.3 Å². The van der Waals surface area contributed by atoms with E-state index in [9.17, 15) is 19.5 Å². The molecule has 8 nitrogen and oxygen atoms in total. The number of aromatic amines is 1. The van der Waals surface area contributed by atoms with Crippen LogP contribution in [0, 0.1) is 5.92 Å². The fourth-order valence-electron chi connectivity index (χ4n) is 3.35. The van der Waals surface area contributed by atoms with Crippen LogP contribution in [0.5, 0.6) is 0 Å². The van der Waals surface area contributed by atoms with Crippen LogP contribution in [0.2, 0.25) is 0 Å². The molecule has 6 N–H and O–H groups in total. The zero-order chi connectivity index (χ0) is 23.0. The van der Waals surface area contributed by atoms with Gasteiger partial charge in [0.1, 0.15) is 12.1 Å². The lowest BCUT2D eigenvalue weighted by Gasteiger charge is -2.26. The number of nitrogens with one attached hydrogen (secondary N) is 3. The Morgan fingerprint density at radius 1 is 1.19 bits per heavy atom. The van der Waals surface area contributed by atoms with Crippen LogP contribution in [0.25, 0.3) is 10.9 Å².